The quantitative estimate of drug-likeness (QED) is 0.211. The molecule has 4 rings (SSSR count). The molecule has 1 amide bonds. The number of rotatable bonds is 10. The van der Waals surface area contributed by atoms with E-state index in [2.05, 4.69) is 10.5 Å². The monoisotopic (exact) mass is 541 g/mol. The van der Waals surface area contributed by atoms with Gasteiger partial charge in [0.2, 0.25) is 0 Å². The van der Waals surface area contributed by atoms with Gasteiger partial charge in [-0.1, -0.05) is 54.1 Å². The highest BCUT2D eigenvalue weighted by atomic mass is 32.2. The molecule has 0 heterocycles. The molecule has 0 saturated carbocycles. The first-order valence-electron chi connectivity index (χ1n) is 12.5. The zero-order valence-corrected chi connectivity index (χ0v) is 23.0. The number of hydrazone groups is 1. The Bertz CT molecular complexity index is 1530. The second-order valence-corrected chi connectivity index (χ2v) is 11.2. The highest BCUT2D eigenvalue weighted by Gasteiger charge is 2.27. The maximum absolute atomic E-state index is 13.6. The summed E-state index contributed by atoms with van der Waals surface area (Å²) in [6.45, 7) is 5.69. The number of ether oxygens (including phenoxy) is 1. The molecule has 0 spiro atoms. The third-order valence-corrected chi connectivity index (χ3v) is 7.71. The lowest BCUT2D eigenvalue weighted by atomic mass is 10.1. The van der Waals surface area contributed by atoms with E-state index < -0.39 is 22.5 Å². The van der Waals surface area contributed by atoms with E-state index in [1.54, 1.807) is 36.4 Å². The molecule has 0 aromatic heterocycles. The summed E-state index contributed by atoms with van der Waals surface area (Å²) < 4.78 is 34.0. The molecule has 4 aromatic rings. The van der Waals surface area contributed by atoms with E-state index >= 15 is 0 Å². The average Bonchev–Trinajstić information content (AvgIpc) is 2.91. The van der Waals surface area contributed by atoms with Crippen molar-refractivity contribution in [1.29, 1.82) is 0 Å². The lowest BCUT2D eigenvalue weighted by molar-refractivity contribution is -0.119. The fourth-order valence-corrected chi connectivity index (χ4v) is 5.39. The summed E-state index contributed by atoms with van der Waals surface area (Å²) in [6, 6.07) is 29.2. The summed E-state index contributed by atoms with van der Waals surface area (Å²) in [5.41, 5.74) is 7.41. The fourth-order valence-electron chi connectivity index (χ4n) is 3.98. The highest BCUT2D eigenvalue weighted by molar-refractivity contribution is 7.92. The summed E-state index contributed by atoms with van der Waals surface area (Å²) >= 11 is 0. The lowest BCUT2D eigenvalue weighted by Crippen LogP contribution is -2.39. The SMILES string of the molecule is Cc1ccc(S(=O)(=O)N(CC(=O)NN=Cc2ccc(OCc3ccccc3)cc2)c2cc(C)cc(C)c2)cc1. The first-order valence-corrected chi connectivity index (χ1v) is 13.9. The van der Waals surface area contributed by atoms with Crippen molar-refractivity contribution in [3.05, 3.63) is 125 Å². The van der Waals surface area contributed by atoms with Gasteiger partial charge in [0, 0.05) is 0 Å². The Morgan fingerprint density at radius 3 is 2.13 bits per heavy atom. The molecule has 0 aliphatic carbocycles. The Morgan fingerprint density at radius 2 is 1.49 bits per heavy atom. The smallest absolute Gasteiger partial charge is 0.264 e. The minimum atomic E-state index is -4.00. The number of hydrogen-bond acceptors (Lipinski definition) is 5. The molecule has 0 aliphatic rings. The van der Waals surface area contributed by atoms with Crippen LogP contribution in [-0.4, -0.2) is 27.1 Å². The third-order valence-electron chi connectivity index (χ3n) is 5.92. The summed E-state index contributed by atoms with van der Waals surface area (Å²) in [5.74, 6) is 0.148. The number of hydrogen-bond donors (Lipinski definition) is 1. The molecule has 1 N–H and O–H groups in total. The van der Waals surface area contributed by atoms with Crippen LogP contribution in [0.2, 0.25) is 0 Å². The van der Waals surface area contributed by atoms with Crippen LogP contribution in [-0.2, 0) is 21.4 Å². The number of aryl methyl sites for hydroxylation is 3. The molecule has 0 fully saturated rings. The number of amides is 1. The van der Waals surface area contributed by atoms with Gasteiger partial charge in [0.15, 0.2) is 0 Å². The lowest BCUT2D eigenvalue weighted by Gasteiger charge is -2.24. The summed E-state index contributed by atoms with van der Waals surface area (Å²) in [4.78, 5) is 13.0. The molecule has 4 aromatic carbocycles. The zero-order chi connectivity index (χ0) is 27.8. The topological polar surface area (TPSA) is 88.1 Å². The van der Waals surface area contributed by atoms with E-state index in [9.17, 15) is 13.2 Å². The summed E-state index contributed by atoms with van der Waals surface area (Å²) in [5, 5.41) is 4.03. The van der Waals surface area contributed by atoms with Gasteiger partial charge < -0.3 is 4.74 Å². The Hall–Kier alpha value is -4.43. The van der Waals surface area contributed by atoms with E-state index in [1.807, 2.05) is 81.4 Å². The van der Waals surface area contributed by atoms with Crippen molar-refractivity contribution in [1.82, 2.24) is 5.43 Å². The minimum Gasteiger partial charge on any atom is -0.489 e. The van der Waals surface area contributed by atoms with Crippen molar-refractivity contribution in [3.63, 3.8) is 0 Å². The van der Waals surface area contributed by atoms with E-state index in [4.69, 9.17) is 4.74 Å². The van der Waals surface area contributed by atoms with Crippen molar-refractivity contribution >= 4 is 27.8 Å². The molecule has 0 radical (unpaired) electrons. The van der Waals surface area contributed by atoms with Gasteiger partial charge in [0.1, 0.15) is 18.9 Å². The number of sulfonamides is 1. The van der Waals surface area contributed by atoms with Crippen LogP contribution in [0.5, 0.6) is 5.75 Å². The Kier molecular flexibility index (Phi) is 8.78. The Labute approximate surface area is 229 Å². The molecule has 0 saturated heterocycles. The molecule has 39 heavy (non-hydrogen) atoms. The Morgan fingerprint density at radius 1 is 0.846 bits per heavy atom. The van der Waals surface area contributed by atoms with E-state index in [-0.39, 0.29) is 4.90 Å². The maximum atomic E-state index is 13.6. The van der Waals surface area contributed by atoms with Crippen molar-refractivity contribution in [2.24, 2.45) is 5.10 Å². The van der Waals surface area contributed by atoms with Crippen molar-refractivity contribution < 1.29 is 17.9 Å². The van der Waals surface area contributed by atoms with E-state index in [0.29, 0.717) is 18.0 Å². The van der Waals surface area contributed by atoms with Crippen molar-refractivity contribution in [3.8, 4) is 5.75 Å². The second-order valence-electron chi connectivity index (χ2n) is 9.31. The number of benzene rings is 4. The third kappa shape index (κ3) is 7.55. The van der Waals surface area contributed by atoms with Gasteiger partial charge in [-0.05, 0) is 91.6 Å². The van der Waals surface area contributed by atoms with E-state index in [0.717, 1.165) is 32.1 Å². The second kappa shape index (κ2) is 12.4. The van der Waals surface area contributed by atoms with E-state index in [1.165, 1.54) is 6.21 Å². The molecule has 0 bridgehead atoms. The van der Waals surface area contributed by atoms with Crippen LogP contribution < -0.4 is 14.5 Å². The first-order chi connectivity index (χ1) is 18.7. The van der Waals surface area contributed by atoms with Gasteiger partial charge in [0.25, 0.3) is 15.9 Å². The molecule has 0 aliphatic heterocycles. The van der Waals surface area contributed by atoms with Gasteiger partial charge in [-0.25, -0.2) is 13.8 Å². The molecule has 8 heteroatoms. The predicted molar refractivity (Wildman–Crippen MR) is 155 cm³/mol. The highest BCUT2D eigenvalue weighted by Crippen LogP contribution is 2.26. The molecular weight excluding hydrogens is 510 g/mol. The van der Waals surface area contributed by atoms with Crippen LogP contribution in [0.3, 0.4) is 0 Å². The number of anilines is 1. The Balaban J connectivity index is 1.44. The van der Waals surface area contributed by atoms with Crippen molar-refractivity contribution in [2.45, 2.75) is 32.3 Å². The van der Waals surface area contributed by atoms with Crippen LogP contribution in [0, 0.1) is 20.8 Å². The summed E-state index contributed by atoms with van der Waals surface area (Å²) in [6.07, 6.45) is 1.49. The number of carbonyl (C=O) groups excluding carboxylic acids is 1. The number of nitrogens with one attached hydrogen (secondary N) is 1. The predicted octanol–water partition coefficient (Wildman–Crippen LogP) is 5.54. The molecule has 7 nitrogen and oxygen atoms in total. The number of nitrogens with zero attached hydrogens (tertiary/aromatic N) is 2. The standard InChI is InChI=1S/C31H31N3O4S/c1-23-9-15-30(16-10-23)39(36,37)34(28-18-24(2)17-25(3)19-28)21-31(35)33-32-20-26-11-13-29(14-12-26)38-22-27-7-5-4-6-8-27/h4-20H,21-22H2,1-3H3,(H,33,35). The zero-order valence-electron chi connectivity index (χ0n) is 22.2. The largest absolute Gasteiger partial charge is 0.489 e. The van der Waals surface area contributed by atoms with Gasteiger partial charge in [-0.15, -0.1) is 0 Å². The molecular formula is C31H31N3O4S. The first kappa shape index (κ1) is 27.6. The normalized spacial score (nSPS) is 11.4. The van der Waals surface area contributed by atoms with Crippen LogP contribution in [0.4, 0.5) is 5.69 Å². The molecule has 0 atom stereocenters. The fraction of sp³-hybridized carbons (Fsp3) is 0.161. The van der Waals surface area contributed by atoms with Gasteiger partial charge >= 0.3 is 0 Å². The van der Waals surface area contributed by atoms with Crippen LogP contribution in [0.15, 0.2) is 107 Å². The van der Waals surface area contributed by atoms with Gasteiger partial charge in [0.05, 0.1) is 16.8 Å². The summed E-state index contributed by atoms with van der Waals surface area (Å²) in [7, 11) is -4.00. The van der Waals surface area contributed by atoms with Crippen LogP contribution in [0.25, 0.3) is 0 Å². The molecule has 200 valence electrons. The maximum Gasteiger partial charge on any atom is 0.264 e. The van der Waals surface area contributed by atoms with Gasteiger partial charge in [-0.2, -0.15) is 5.10 Å². The number of carbonyl (C=O) groups is 1. The van der Waals surface area contributed by atoms with Crippen LogP contribution in [0.1, 0.15) is 27.8 Å². The minimum absolute atomic E-state index is 0.109. The van der Waals surface area contributed by atoms with Crippen LogP contribution >= 0.6 is 0 Å². The molecule has 0 unspecified atom stereocenters. The average molecular weight is 542 g/mol. The van der Waals surface area contributed by atoms with Gasteiger partial charge in [-0.3, -0.25) is 9.10 Å². The van der Waals surface area contributed by atoms with Crippen molar-refractivity contribution in [2.75, 3.05) is 10.8 Å².